The Labute approximate surface area is 89.2 Å². The number of ether oxygens (including phenoxy) is 3. The highest BCUT2D eigenvalue weighted by Gasteiger charge is 2.42. The minimum Gasteiger partial charge on any atom is -0.501 e. The molecule has 2 fully saturated rings. The van der Waals surface area contributed by atoms with Gasteiger partial charge in [-0.05, 0) is 6.92 Å². The zero-order chi connectivity index (χ0) is 10.7. The van der Waals surface area contributed by atoms with Crippen molar-refractivity contribution < 1.29 is 19.0 Å². The van der Waals surface area contributed by atoms with E-state index in [-0.39, 0.29) is 5.78 Å². The van der Waals surface area contributed by atoms with Crippen LogP contribution in [-0.4, -0.2) is 31.4 Å². The molecule has 0 radical (unpaired) electrons. The summed E-state index contributed by atoms with van der Waals surface area (Å²) in [7, 11) is 0. The van der Waals surface area contributed by atoms with E-state index >= 15 is 0 Å². The largest absolute Gasteiger partial charge is 0.501 e. The first-order valence-electron chi connectivity index (χ1n) is 5.37. The lowest BCUT2D eigenvalue weighted by atomic mass is 9.89. The van der Waals surface area contributed by atoms with Gasteiger partial charge < -0.3 is 14.2 Å². The molecule has 1 aliphatic heterocycles. The number of ketones is 1. The lowest BCUT2D eigenvalue weighted by Gasteiger charge is -2.31. The molecule has 1 spiro atoms. The zero-order valence-electron chi connectivity index (χ0n) is 8.95. The van der Waals surface area contributed by atoms with Gasteiger partial charge in [0.2, 0.25) is 0 Å². The van der Waals surface area contributed by atoms with Gasteiger partial charge in [-0.1, -0.05) is 0 Å². The molecule has 1 heterocycles. The molecular weight excluding hydrogens is 196 g/mol. The molecule has 0 aromatic rings. The summed E-state index contributed by atoms with van der Waals surface area (Å²) in [5.74, 6) is -0.398. The molecule has 1 saturated carbocycles. The summed E-state index contributed by atoms with van der Waals surface area (Å²) in [6.45, 7) is 3.71. The van der Waals surface area contributed by atoms with E-state index in [1.807, 2.05) is 6.92 Å². The van der Waals surface area contributed by atoms with E-state index in [1.54, 1.807) is 6.26 Å². The average molecular weight is 212 g/mol. The number of carbonyl (C=O) groups excluding carboxylic acids is 1. The Kier molecular flexibility index (Phi) is 3.07. The summed E-state index contributed by atoms with van der Waals surface area (Å²) in [4.78, 5) is 11.6. The van der Waals surface area contributed by atoms with Crippen LogP contribution in [0.5, 0.6) is 0 Å². The number of hydrogen-bond donors (Lipinski definition) is 0. The maximum Gasteiger partial charge on any atom is 0.173 e. The van der Waals surface area contributed by atoms with E-state index < -0.39 is 5.79 Å². The van der Waals surface area contributed by atoms with E-state index in [0.29, 0.717) is 44.7 Å². The fourth-order valence-corrected chi connectivity index (χ4v) is 1.98. The Morgan fingerprint density at radius 1 is 1.47 bits per heavy atom. The van der Waals surface area contributed by atoms with Crippen LogP contribution < -0.4 is 0 Å². The van der Waals surface area contributed by atoms with E-state index in [9.17, 15) is 4.79 Å². The van der Waals surface area contributed by atoms with Crippen molar-refractivity contribution in [3.63, 3.8) is 0 Å². The maximum atomic E-state index is 11.6. The monoisotopic (exact) mass is 212 g/mol. The Morgan fingerprint density at radius 3 is 2.87 bits per heavy atom. The quantitative estimate of drug-likeness (QED) is 0.512. The molecule has 1 saturated heterocycles. The van der Waals surface area contributed by atoms with Gasteiger partial charge in [0.1, 0.15) is 0 Å². The molecule has 15 heavy (non-hydrogen) atoms. The van der Waals surface area contributed by atoms with Crippen molar-refractivity contribution in [2.45, 2.75) is 32.0 Å². The number of hydrogen-bond acceptors (Lipinski definition) is 4. The van der Waals surface area contributed by atoms with Gasteiger partial charge in [-0.2, -0.15) is 0 Å². The van der Waals surface area contributed by atoms with Gasteiger partial charge in [-0.15, -0.1) is 0 Å². The minimum atomic E-state index is -0.545. The molecule has 0 bridgehead atoms. The summed E-state index contributed by atoms with van der Waals surface area (Å²) in [6.07, 6.45) is 3.22. The van der Waals surface area contributed by atoms with Crippen molar-refractivity contribution in [1.82, 2.24) is 0 Å². The van der Waals surface area contributed by atoms with Crippen LogP contribution in [0.2, 0.25) is 0 Å². The molecule has 2 aliphatic rings. The van der Waals surface area contributed by atoms with Gasteiger partial charge in [0.15, 0.2) is 11.6 Å². The van der Waals surface area contributed by atoms with E-state index in [1.165, 1.54) is 0 Å². The molecule has 0 aromatic carbocycles. The van der Waals surface area contributed by atoms with Crippen LogP contribution in [0, 0.1) is 0 Å². The van der Waals surface area contributed by atoms with Gasteiger partial charge in [0.05, 0.1) is 26.1 Å². The highest BCUT2D eigenvalue weighted by atomic mass is 16.7. The number of carbonyl (C=O) groups is 1. The van der Waals surface area contributed by atoms with E-state index in [2.05, 4.69) is 0 Å². The van der Waals surface area contributed by atoms with Gasteiger partial charge in [0, 0.05) is 24.8 Å². The Hall–Kier alpha value is -0.870. The average Bonchev–Trinajstić information content (AvgIpc) is 2.69. The summed E-state index contributed by atoms with van der Waals surface area (Å²) >= 11 is 0. The van der Waals surface area contributed by atoms with Gasteiger partial charge in [-0.25, -0.2) is 0 Å². The first kappa shape index (κ1) is 10.6. The summed E-state index contributed by atoms with van der Waals surface area (Å²) in [5.41, 5.74) is 0.685. The van der Waals surface area contributed by atoms with Crippen LogP contribution in [0.1, 0.15) is 26.2 Å². The van der Waals surface area contributed by atoms with E-state index in [4.69, 9.17) is 14.2 Å². The highest BCUT2D eigenvalue weighted by molar-refractivity contribution is 5.96. The van der Waals surface area contributed by atoms with Crippen LogP contribution in [0.4, 0.5) is 0 Å². The first-order valence-corrected chi connectivity index (χ1v) is 5.37. The second kappa shape index (κ2) is 4.33. The van der Waals surface area contributed by atoms with Crippen molar-refractivity contribution in [3.8, 4) is 0 Å². The molecule has 4 nitrogen and oxygen atoms in total. The predicted octanol–water partition coefficient (Wildman–Crippen LogP) is 1.40. The molecule has 0 amide bonds. The van der Waals surface area contributed by atoms with Crippen molar-refractivity contribution in [2.75, 3.05) is 19.8 Å². The summed E-state index contributed by atoms with van der Waals surface area (Å²) < 4.78 is 16.3. The fourth-order valence-electron chi connectivity index (χ4n) is 1.98. The molecule has 84 valence electrons. The van der Waals surface area contributed by atoms with E-state index in [0.717, 1.165) is 0 Å². The Bertz CT molecular complexity index is 276. The van der Waals surface area contributed by atoms with Gasteiger partial charge in [0.25, 0.3) is 0 Å². The standard InChI is InChI=1S/C11H16O4/c1-2-13-8-9-7-11(4-3-10(9)12)14-5-6-15-11/h8H,2-7H2,1H3/b9-8-. The molecule has 2 rings (SSSR count). The minimum absolute atomic E-state index is 0.146. The van der Waals surface area contributed by atoms with Crippen LogP contribution in [0.25, 0.3) is 0 Å². The molecule has 4 heteroatoms. The lowest BCUT2D eigenvalue weighted by Crippen LogP contribution is -2.36. The summed E-state index contributed by atoms with van der Waals surface area (Å²) in [5, 5.41) is 0. The first-order chi connectivity index (χ1) is 7.26. The van der Waals surface area contributed by atoms with Gasteiger partial charge >= 0.3 is 0 Å². The van der Waals surface area contributed by atoms with Crippen molar-refractivity contribution >= 4 is 5.78 Å². The van der Waals surface area contributed by atoms with Crippen LogP contribution in [0.15, 0.2) is 11.8 Å². The molecular formula is C11H16O4. The summed E-state index contributed by atoms with van der Waals surface area (Å²) in [6, 6.07) is 0. The highest BCUT2D eigenvalue weighted by Crippen LogP contribution is 2.36. The van der Waals surface area contributed by atoms with Crippen molar-refractivity contribution in [3.05, 3.63) is 11.8 Å². The van der Waals surface area contributed by atoms with Gasteiger partial charge in [-0.3, -0.25) is 4.79 Å². The third-order valence-corrected chi connectivity index (χ3v) is 2.76. The SMILES string of the molecule is CCO/C=C1/CC2(CCC1=O)OCCO2. The normalized spacial score (nSPS) is 27.5. The third-order valence-electron chi connectivity index (χ3n) is 2.76. The smallest absolute Gasteiger partial charge is 0.173 e. The topological polar surface area (TPSA) is 44.8 Å². The second-order valence-corrected chi connectivity index (χ2v) is 3.81. The predicted molar refractivity (Wildman–Crippen MR) is 53.2 cm³/mol. The van der Waals surface area contributed by atoms with Crippen LogP contribution in [-0.2, 0) is 19.0 Å². The molecule has 0 unspecified atom stereocenters. The molecule has 1 aliphatic carbocycles. The molecule has 0 aromatic heterocycles. The fraction of sp³-hybridized carbons (Fsp3) is 0.727. The third kappa shape index (κ3) is 2.21. The van der Waals surface area contributed by atoms with Crippen LogP contribution in [0.3, 0.4) is 0 Å². The number of rotatable bonds is 2. The van der Waals surface area contributed by atoms with Crippen molar-refractivity contribution in [1.29, 1.82) is 0 Å². The molecule has 0 N–H and O–H groups in total. The number of Topliss-reactive ketones (excluding diaryl/α,β-unsaturated/α-hetero) is 1. The van der Waals surface area contributed by atoms with Crippen molar-refractivity contribution in [2.24, 2.45) is 0 Å². The maximum absolute atomic E-state index is 11.6. The Morgan fingerprint density at radius 2 is 2.20 bits per heavy atom. The molecule has 0 atom stereocenters. The zero-order valence-corrected chi connectivity index (χ0v) is 8.95. The lowest BCUT2D eigenvalue weighted by molar-refractivity contribution is -0.171. The second-order valence-electron chi connectivity index (χ2n) is 3.81. The van der Waals surface area contributed by atoms with Crippen LogP contribution >= 0.6 is 0 Å². The Balaban J connectivity index is 2.06.